The van der Waals surface area contributed by atoms with Gasteiger partial charge in [0.1, 0.15) is 5.82 Å². The van der Waals surface area contributed by atoms with Gasteiger partial charge in [0, 0.05) is 34.5 Å². The number of hydrogen-bond donors (Lipinski definition) is 0. The van der Waals surface area contributed by atoms with Crippen LogP contribution in [0.2, 0.25) is 0 Å². The molecule has 0 aliphatic carbocycles. The number of pyridine rings is 1. The summed E-state index contributed by atoms with van der Waals surface area (Å²) in [5.74, 6) is 2.83. The summed E-state index contributed by atoms with van der Waals surface area (Å²) < 4.78 is 10.9. The molecule has 0 bridgehead atoms. The van der Waals surface area contributed by atoms with Crippen LogP contribution < -0.4 is 4.74 Å². The Kier molecular flexibility index (Phi) is 11.3. The van der Waals surface area contributed by atoms with Gasteiger partial charge in [-0.05, 0) is 85.5 Å². The fourth-order valence-corrected chi connectivity index (χ4v) is 7.02. The van der Waals surface area contributed by atoms with Crippen molar-refractivity contribution in [3.63, 3.8) is 0 Å². The average molecular weight is 854 g/mol. The van der Waals surface area contributed by atoms with Gasteiger partial charge in [-0.15, -0.1) is 35.7 Å². The summed E-state index contributed by atoms with van der Waals surface area (Å²) in [6.07, 6.45) is 8.53. The predicted molar refractivity (Wildman–Crippen MR) is 206 cm³/mol. The fourth-order valence-electron chi connectivity index (χ4n) is 7.02. The Labute approximate surface area is 317 Å². The number of ether oxygens (including phenoxy) is 1. The van der Waals surface area contributed by atoms with E-state index in [1.54, 1.807) is 0 Å². The molecule has 0 unspecified atom stereocenters. The van der Waals surface area contributed by atoms with E-state index in [-0.39, 0.29) is 21.1 Å². The zero-order chi connectivity index (χ0) is 34.8. The molecule has 4 aromatic carbocycles. The molecule has 7 aromatic rings. The van der Waals surface area contributed by atoms with Crippen molar-refractivity contribution in [3.05, 3.63) is 131 Å². The molecule has 0 atom stereocenters. The molecule has 0 saturated carbocycles. The molecule has 7 rings (SSSR count). The van der Waals surface area contributed by atoms with Crippen LogP contribution in [0.15, 0.2) is 91.1 Å². The minimum atomic E-state index is 0. The maximum Gasteiger partial charge on any atom is 2.00 e. The van der Waals surface area contributed by atoms with Gasteiger partial charge in [0.2, 0.25) is 0 Å². The van der Waals surface area contributed by atoms with E-state index in [4.69, 9.17) is 14.8 Å². The fraction of sp³-hybridized carbons (Fsp3) is 0.289. The maximum atomic E-state index is 6.67. The second-order valence-electron chi connectivity index (χ2n) is 14.0. The molecule has 0 fully saturated rings. The monoisotopic (exact) mass is 853 g/mol. The van der Waals surface area contributed by atoms with Crippen molar-refractivity contribution >= 4 is 21.8 Å². The third kappa shape index (κ3) is 7.75. The third-order valence-electron chi connectivity index (χ3n) is 9.61. The van der Waals surface area contributed by atoms with Crippen LogP contribution in [-0.2, 0) is 33.9 Å². The van der Waals surface area contributed by atoms with Gasteiger partial charge in [-0.3, -0.25) is 4.68 Å². The standard InChI is InChI=1S/C45H46N4O.Pt/c1-7-8-10-13-35-25-37(49-33(6)45(32(5)47-49)36-14-11-9-12-15-36)28-39(26-35)50-38-19-20-40-41-27-34(17-16-30(2)3)18-21-42(41)48(43(40)29-38)44-24-31(4)22-23-46-44;/h9,11-12,14-15,18-27,30H,7-8,10,13,16-17H2,1-6H3;/q-2;+2. The summed E-state index contributed by atoms with van der Waals surface area (Å²) in [5, 5.41) is 7.34. The molecule has 0 radical (unpaired) electrons. The topological polar surface area (TPSA) is 44.9 Å². The predicted octanol–water partition coefficient (Wildman–Crippen LogP) is 11.7. The van der Waals surface area contributed by atoms with Crippen molar-refractivity contribution in [3.8, 4) is 34.1 Å². The van der Waals surface area contributed by atoms with E-state index in [2.05, 4.69) is 125 Å². The molecule has 0 aliphatic heterocycles. The van der Waals surface area contributed by atoms with Crippen molar-refractivity contribution < 1.29 is 25.8 Å². The Hall–Kier alpha value is -4.47. The first-order valence-corrected chi connectivity index (χ1v) is 18.1. The molecule has 0 spiro atoms. The van der Waals surface area contributed by atoms with Crippen molar-refractivity contribution in [1.82, 2.24) is 19.3 Å². The van der Waals surface area contributed by atoms with Gasteiger partial charge in [-0.1, -0.05) is 94.4 Å². The number of unbranched alkanes of at least 4 members (excludes halogenated alkanes) is 2. The Morgan fingerprint density at radius 1 is 0.784 bits per heavy atom. The van der Waals surface area contributed by atoms with Gasteiger partial charge in [-0.25, -0.2) is 4.98 Å². The summed E-state index contributed by atoms with van der Waals surface area (Å²) in [6.45, 7) is 13.1. The minimum absolute atomic E-state index is 0. The largest absolute Gasteiger partial charge is 2.00 e. The number of fused-ring (bicyclic) bond motifs is 3. The van der Waals surface area contributed by atoms with Crippen LogP contribution >= 0.6 is 0 Å². The van der Waals surface area contributed by atoms with E-state index >= 15 is 0 Å². The second kappa shape index (κ2) is 15.8. The average Bonchev–Trinajstić information content (AvgIpc) is 3.59. The molecule has 3 aromatic heterocycles. The quantitative estimate of drug-likeness (QED) is 0.0908. The van der Waals surface area contributed by atoms with Crippen LogP contribution in [0.1, 0.15) is 74.5 Å². The number of benzene rings is 4. The summed E-state index contributed by atoms with van der Waals surface area (Å²) in [4.78, 5) is 4.80. The minimum Gasteiger partial charge on any atom is -0.509 e. The first-order chi connectivity index (χ1) is 24.3. The molecular formula is C45H46N4OPt. The van der Waals surface area contributed by atoms with Gasteiger partial charge in [0.05, 0.1) is 5.69 Å². The second-order valence-corrected chi connectivity index (χ2v) is 14.0. The number of hydrogen-bond acceptors (Lipinski definition) is 3. The maximum absolute atomic E-state index is 6.67. The molecule has 0 amide bonds. The molecule has 0 aliphatic rings. The molecule has 0 N–H and O–H groups in total. The first kappa shape index (κ1) is 36.3. The molecule has 0 saturated heterocycles. The number of aromatic nitrogens is 4. The van der Waals surface area contributed by atoms with E-state index in [9.17, 15) is 0 Å². The van der Waals surface area contributed by atoms with E-state index in [0.717, 1.165) is 81.7 Å². The van der Waals surface area contributed by atoms with E-state index in [1.807, 2.05) is 29.1 Å². The molecule has 3 heterocycles. The van der Waals surface area contributed by atoms with Crippen LogP contribution in [0.3, 0.4) is 0 Å². The smallest absolute Gasteiger partial charge is 0.509 e. The SMILES string of the molecule is CCCCCc1cc(Oc2[c-]c3c(cc2)c2cc(CCC(C)C)ccc2n3-c2cc(C)ccn2)[c-]c(-n2nc(C)c(-c3ccccc3)c2C)c1.[Pt+2]. The molecular weight excluding hydrogens is 808 g/mol. The van der Waals surface area contributed by atoms with Gasteiger partial charge in [0.15, 0.2) is 0 Å². The Bertz CT molecular complexity index is 2280. The zero-order valence-electron chi connectivity index (χ0n) is 30.5. The molecule has 51 heavy (non-hydrogen) atoms. The summed E-state index contributed by atoms with van der Waals surface area (Å²) in [5.41, 5.74) is 11.1. The molecule has 6 heteroatoms. The normalized spacial score (nSPS) is 11.4. The van der Waals surface area contributed by atoms with Crippen molar-refractivity contribution in [2.75, 3.05) is 0 Å². The van der Waals surface area contributed by atoms with Crippen molar-refractivity contribution in [2.24, 2.45) is 5.92 Å². The van der Waals surface area contributed by atoms with E-state index in [0.29, 0.717) is 17.4 Å². The molecule has 5 nitrogen and oxygen atoms in total. The first-order valence-electron chi connectivity index (χ1n) is 18.1. The van der Waals surface area contributed by atoms with Gasteiger partial charge >= 0.3 is 21.1 Å². The van der Waals surface area contributed by atoms with Crippen LogP contribution in [0.25, 0.3) is 44.4 Å². The van der Waals surface area contributed by atoms with Gasteiger partial charge in [0.25, 0.3) is 0 Å². The zero-order valence-corrected chi connectivity index (χ0v) is 32.8. The van der Waals surface area contributed by atoms with Gasteiger partial charge < -0.3 is 9.30 Å². The summed E-state index contributed by atoms with van der Waals surface area (Å²) >= 11 is 0. The van der Waals surface area contributed by atoms with Crippen LogP contribution in [-0.4, -0.2) is 19.3 Å². The Balaban J connectivity index is 0.00000448. The molecule has 262 valence electrons. The van der Waals surface area contributed by atoms with Crippen molar-refractivity contribution in [1.29, 1.82) is 0 Å². The van der Waals surface area contributed by atoms with Gasteiger partial charge in [-0.2, -0.15) is 16.7 Å². The van der Waals surface area contributed by atoms with E-state index < -0.39 is 0 Å². The Morgan fingerprint density at radius 3 is 2.37 bits per heavy atom. The number of nitrogens with zero attached hydrogens (tertiary/aromatic N) is 4. The third-order valence-corrected chi connectivity index (χ3v) is 9.61. The summed E-state index contributed by atoms with van der Waals surface area (Å²) in [6, 6.07) is 37.3. The number of rotatable bonds is 12. The Morgan fingerprint density at radius 2 is 1.61 bits per heavy atom. The summed E-state index contributed by atoms with van der Waals surface area (Å²) in [7, 11) is 0. The van der Waals surface area contributed by atoms with E-state index in [1.165, 1.54) is 29.4 Å². The van der Waals surface area contributed by atoms with Crippen LogP contribution in [0.4, 0.5) is 0 Å². The van der Waals surface area contributed by atoms with Crippen LogP contribution in [0.5, 0.6) is 11.5 Å². The van der Waals surface area contributed by atoms with Crippen molar-refractivity contribution in [2.45, 2.75) is 80.1 Å². The van der Waals surface area contributed by atoms with Crippen LogP contribution in [0, 0.1) is 38.8 Å². The number of aryl methyl sites for hydroxylation is 4.